The third kappa shape index (κ3) is 7.46. The van der Waals surface area contributed by atoms with Gasteiger partial charge in [0.1, 0.15) is 0 Å². The number of halogens is 3. The van der Waals surface area contributed by atoms with Gasteiger partial charge in [-0.3, -0.25) is 9.59 Å². The van der Waals surface area contributed by atoms with E-state index in [4.69, 9.17) is 0 Å². The Kier molecular flexibility index (Phi) is 8.58. The number of hydrogen-bond acceptors (Lipinski definition) is 6. The smallest absolute Gasteiger partial charge is 0.360 e. The summed E-state index contributed by atoms with van der Waals surface area (Å²) in [4.78, 5) is 38.3. The lowest BCUT2D eigenvalue weighted by atomic mass is 10.0. The van der Waals surface area contributed by atoms with Crippen LogP contribution in [0.1, 0.15) is 31.8 Å². The van der Waals surface area contributed by atoms with Crippen molar-refractivity contribution in [3.05, 3.63) is 101 Å². The predicted molar refractivity (Wildman–Crippen MR) is 159 cm³/mol. The van der Waals surface area contributed by atoms with Crippen molar-refractivity contribution in [3.63, 3.8) is 0 Å². The molecule has 0 unspecified atom stereocenters. The molecule has 2 heterocycles. The van der Waals surface area contributed by atoms with E-state index >= 15 is 0 Å². The van der Waals surface area contributed by atoms with E-state index in [1.165, 1.54) is 47.2 Å². The van der Waals surface area contributed by atoms with Crippen molar-refractivity contribution in [3.8, 4) is 0 Å². The molecule has 0 saturated carbocycles. The van der Waals surface area contributed by atoms with Crippen LogP contribution in [-0.4, -0.2) is 55.0 Å². The SMILES string of the molecule is Cc1ccc(C(=O)Nc2cccc(C(F)(F)F)c2)cc1C(=O)Nc1cnc(Nc2ccc(N3CC[NH+](C)CC3)cc2)nc1. The van der Waals surface area contributed by atoms with Crippen LogP contribution in [0.5, 0.6) is 0 Å². The van der Waals surface area contributed by atoms with Crippen LogP contribution in [0.2, 0.25) is 0 Å². The normalized spacial score (nSPS) is 13.8. The van der Waals surface area contributed by atoms with Gasteiger partial charge in [-0.1, -0.05) is 12.1 Å². The molecule has 1 aliphatic heterocycles. The van der Waals surface area contributed by atoms with E-state index in [2.05, 4.69) is 50.0 Å². The Morgan fingerprint density at radius 2 is 1.51 bits per heavy atom. The highest BCUT2D eigenvalue weighted by molar-refractivity contribution is 6.09. The molecule has 0 bridgehead atoms. The molecule has 3 aromatic carbocycles. The van der Waals surface area contributed by atoms with Gasteiger partial charge in [0.15, 0.2) is 0 Å². The van der Waals surface area contributed by atoms with Crippen molar-refractivity contribution < 1.29 is 27.7 Å². The molecule has 2 amide bonds. The lowest BCUT2D eigenvalue weighted by Gasteiger charge is -2.31. The van der Waals surface area contributed by atoms with E-state index in [-0.39, 0.29) is 16.8 Å². The molecule has 1 saturated heterocycles. The van der Waals surface area contributed by atoms with Crippen LogP contribution in [0, 0.1) is 6.92 Å². The minimum absolute atomic E-state index is 0.0101. The lowest BCUT2D eigenvalue weighted by molar-refractivity contribution is -0.880. The van der Waals surface area contributed by atoms with Crippen molar-refractivity contribution in [1.29, 1.82) is 0 Å². The fraction of sp³-hybridized carbons (Fsp3) is 0.226. The predicted octanol–water partition coefficient (Wildman–Crippen LogP) is 4.39. The number of alkyl halides is 3. The monoisotopic (exact) mass is 590 g/mol. The Labute approximate surface area is 246 Å². The number of nitrogens with one attached hydrogen (secondary N) is 4. The summed E-state index contributed by atoms with van der Waals surface area (Å²) in [6.07, 6.45) is -1.61. The van der Waals surface area contributed by atoms with Crippen molar-refractivity contribution >= 4 is 40.5 Å². The van der Waals surface area contributed by atoms with Gasteiger partial charge in [-0.2, -0.15) is 13.2 Å². The summed E-state index contributed by atoms with van der Waals surface area (Å²) >= 11 is 0. The minimum atomic E-state index is -4.54. The highest BCUT2D eigenvalue weighted by Crippen LogP contribution is 2.31. The van der Waals surface area contributed by atoms with Crippen LogP contribution in [0.25, 0.3) is 0 Å². The maximum Gasteiger partial charge on any atom is 0.416 e. The summed E-state index contributed by atoms with van der Waals surface area (Å²) in [7, 11) is 2.20. The molecule has 1 aromatic heterocycles. The largest absolute Gasteiger partial charge is 0.416 e. The van der Waals surface area contributed by atoms with Gasteiger partial charge in [0.05, 0.1) is 56.9 Å². The Hall–Kier alpha value is -4.97. The van der Waals surface area contributed by atoms with Gasteiger partial charge in [0, 0.05) is 28.2 Å². The first-order valence-corrected chi connectivity index (χ1v) is 13.7. The summed E-state index contributed by atoms with van der Waals surface area (Å²) in [6, 6.07) is 16.9. The minimum Gasteiger partial charge on any atom is -0.360 e. The zero-order valence-corrected chi connectivity index (χ0v) is 23.6. The number of aryl methyl sites for hydroxylation is 1. The van der Waals surface area contributed by atoms with Crippen LogP contribution in [0.15, 0.2) is 79.1 Å². The molecular formula is C31H31F3N7O2+. The summed E-state index contributed by atoms with van der Waals surface area (Å²) in [5.74, 6) is -0.778. The summed E-state index contributed by atoms with van der Waals surface area (Å²) in [5, 5.41) is 8.32. The Morgan fingerprint density at radius 3 is 2.19 bits per heavy atom. The van der Waals surface area contributed by atoms with Crippen molar-refractivity contribution in [1.82, 2.24) is 9.97 Å². The molecule has 4 N–H and O–H groups in total. The van der Waals surface area contributed by atoms with E-state index in [1.807, 2.05) is 12.1 Å². The molecular weight excluding hydrogens is 559 g/mol. The maximum absolute atomic E-state index is 13.0. The zero-order chi connectivity index (χ0) is 30.6. The Bertz CT molecular complexity index is 1600. The highest BCUT2D eigenvalue weighted by Gasteiger charge is 2.30. The van der Waals surface area contributed by atoms with Gasteiger partial charge < -0.3 is 25.8 Å². The second-order valence-electron chi connectivity index (χ2n) is 10.4. The number of carbonyl (C=O) groups is 2. The Morgan fingerprint density at radius 1 is 0.837 bits per heavy atom. The number of nitrogens with zero attached hydrogens (tertiary/aromatic N) is 3. The van der Waals surface area contributed by atoms with Crippen molar-refractivity contribution in [2.45, 2.75) is 13.1 Å². The van der Waals surface area contributed by atoms with Crippen molar-refractivity contribution in [2.24, 2.45) is 0 Å². The third-order valence-electron chi connectivity index (χ3n) is 7.21. The molecule has 0 spiro atoms. The first-order chi connectivity index (χ1) is 20.5. The number of piperazine rings is 1. The molecule has 0 atom stereocenters. The second kappa shape index (κ2) is 12.5. The summed E-state index contributed by atoms with van der Waals surface area (Å²) in [6.45, 7) is 5.97. The average Bonchev–Trinajstić information content (AvgIpc) is 2.99. The molecule has 0 aliphatic carbocycles. The number of hydrogen-bond donors (Lipinski definition) is 4. The fourth-order valence-electron chi connectivity index (χ4n) is 4.67. The van der Waals surface area contributed by atoms with Gasteiger partial charge in [-0.25, -0.2) is 9.97 Å². The van der Waals surface area contributed by atoms with Crippen LogP contribution in [-0.2, 0) is 6.18 Å². The lowest BCUT2D eigenvalue weighted by Crippen LogP contribution is -3.12. The number of aromatic nitrogens is 2. The van der Waals surface area contributed by atoms with Gasteiger partial charge in [0.2, 0.25) is 5.95 Å². The van der Waals surface area contributed by atoms with Gasteiger partial charge in [-0.15, -0.1) is 0 Å². The fourth-order valence-corrected chi connectivity index (χ4v) is 4.67. The number of amides is 2. The molecule has 0 radical (unpaired) electrons. The molecule has 43 heavy (non-hydrogen) atoms. The maximum atomic E-state index is 13.0. The Balaban J connectivity index is 1.20. The van der Waals surface area contributed by atoms with Crippen LogP contribution >= 0.6 is 0 Å². The quantitative estimate of drug-likeness (QED) is 0.255. The first kappa shape index (κ1) is 29.5. The molecule has 1 aliphatic rings. The highest BCUT2D eigenvalue weighted by atomic mass is 19.4. The number of quaternary nitrogens is 1. The topological polar surface area (TPSA) is 104 Å². The van der Waals surface area contributed by atoms with Crippen molar-refractivity contribution in [2.75, 3.05) is 54.1 Å². The number of likely N-dealkylation sites (N-methyl/N-ethyl adjacent to an activating group) is 1. The molecule has 5 rings (SSSR count). The second-order valence-corrected chi connectivity index (χ2v) is 10.4. The summed E-state index contributed by atoms with van der Waals surface area (Å²) < 4.78 is 39.1. The number of rotatable bonds is 7. The molecule has 1 fully saturated rings. The summed E-state index contributed by atoms with van der Waals surface area (Å²) in [5.41, 5.74) is 2.40. The number of anilines is 5. The molecule has 12 heteroatoms. The molecule has 9 nitrogen and oxygen atoms in total. The average molecular weight is 591 g/mol. The standard InChI is InChI=1S/C31H30F3N7O2/c1-20-6-7-21(28(42)37-24-5-3-4-22(17-24)31(32,33)34)16-27(20)29(43)38-25-18-35-30(36-19-25)39-23-8-10-26(11-9-23)41-14-12-40(2)13-15-41/h3-11,16-19H,12-15H2,1-2H3,(H,37,42)(H,38,43)(H,35,36,39)/p+1. The van der Waals surface area contributed by atoms with Crippen LogP contribution in [0.4, 0.5) is 41.9 Å². The van der Waals surface area contributed by atoms with E-state index in [0.717, 1.165) is 44.0 Å². The van der Waals surface area contributed by atoms with E-state index in [1.54, 1.807) is 13.0 Å². The molecule has 222 valence electrons. The third-order valence-corrected chi connectivity index (χ3v) is 7.21. The van der Waals surface area contributed by atoms with Crippen LogP contribution in [0.3, 0.4) is 0 Å². The zero-order valence-electron chi connectivity index (χ0n) is 23.6. The van der Waals surface area contributed by atoms with E-state index in [9.17, 15) is 22.8 Å². The van der Waals surface area contributed by atoms with Crippen LogP contribution < -0.4 is 25.8 Å². The van der Waals surface area contributed by atoms with Gasteiger partial charge in [-0.05, 0) is 67.1 Å². The number of benzene rings is 3. The first-order valence-electron chi connectivity index (χ1n) is 13.7. The van der Waals surface area contributed by atoms with E-state index in [0.29, 0.717) is 17.2 Å². The van der Waals surface area contributed by atoms with Gasteiger partial charge >= 0.3 is 6.18 Å². The molecule has 4 aromatic rings. The van der Waals surface area contributed by atoms with E-state index < -0.39 is 23.6 Å². The van der Waals surface area contributed by atoms with Gasteiger partial charge in [0.25, 0.3) is 11.8 Å². The number of carbonyl (C=O) groups excluding carboxylic acids is 2.